The number of hydrogen-bond donors (Lipinski definition) is 1. The summed E-state index contributed by atoms with van der Waals surface area (Å²) in [6, 6.07) is 12.9. The Morgan fingerprint density at radius 1 is 0.952 bits per heavy atom. The average Bonchev–Trinajstić information content (AvgIpc) is 2.80. The van der Waals surface area contributed by atoms with Crippen molar-refractivity contribution in [3.8, 4) is 0 Å². The number of para-hydroxylation sites is 2. The number of aromatic nitrogens is 1. The maximum Gasteiger partial charge on any atom is 0.270 e. The molecular formula is C17H11NO3. The van der Waals surface area contributed by atoms with Crippen molar-refractivity contribution in [2.75, 3.05) is 0 Å². The molecule has 4 aromatic rings. The van der Waals surface area contributed by atoms with Crippen LogP contribution in [-0.2, 0) is 0 Å². The lowest BCUT2D eigenvalue weighted by Gasteiger charge is -2.00. The maximum absolute atomic E-state index is 12.7. The molecule has 4 heteroatoms. The zero-order valence-corrected chi connectivity index (χ0v) is 11.3. The second kappa shape index (κ2) is 3.82. The van der Waals surface area contributed by atoms with Crippen molar-refractivity contribution in [1.82, 2.24) is 4.40 Å². The Balaban J connectivity index is 2.60. The van der Waals surface area contributed by atoms with Crippen LogP contribution in [0.1, 0.15) is 6.92 Å². The number of aliphatic hydroxyl groups is 1. The topological polar surface area (TPSA) is 58.8 Å². The van der Waals surface area contributed by atoms with E-state index in [1.807, 2.05) is 30.3 Å². The van der Waals surface area contributed by atoms with E-state index < -0.39 is 11.0 Å². The quantitative estimate of drug-likeness (QED) is 0.533. The Kier molecular flexibility index (Phi) is 2.17. The van der Waals surface area contributed by atoms with Gasteiger partial charge < -0.3 is 5.11 Å². The molecule has 0 bridgehead atoms. The first-order chi connectivity index (χ1) is 10.1. The van der Waals surface area contributed by atoms with Gasteiger partial charge in [0, 0.05) is 16.2 Å². The van der Waals surface area contributed by atoms with Crippen molar-refractivity contribution >= 4 is 33.0 Å². The maximum atomic E-state index is 12.7. The largest absolute Gasteiger partial charge is 0.512 e. The second-order valence-electron chi connectivity index (χ2n) is 5.15. The van der Waals surface area contributed by atoms with Crippen molar-refractivity contribution in [2.24, 2.45) is 0 Å². The molecule has 0 atom stereocenters. The van der Waals surface area contributed by atoms with Crippen LogP contribution >= 0.6 is 0 Å². The first-order valence-corrected chi connectivity index (χ1v) is 6.62. The van der Waals surface area contributed by atoms with Gasteiger partial charge in [-0.15, -0.1) is 0 Å². The van der Waals surface area contributed by atoms with Crippen molar-refractivity contribution in [2.45, 2.75) is 6.92 Å². The molecule has 4 nitrogen and oxygen atoms in total. The third kappa shape index (κ3) is 1.34. The summed E-state index contributed by atoms with van der Waals surface area (Å²) in [7, 11) is 0. The third-order valence-electron chi connectivity index (χ3n) is 3.95. The fraction of sp³-hybridized carbons (Fsp3) is 0.0588. The minimum Gasteiger partial charge on any atom is -0.512 e. The van der Waals surface area contributed by atoms with Gasteiger partial charge in [0.15, 0.2) is 0 Å². The van der Waals surface area contributed by atoms with Gasteiger partial charge in [0.1, 0.15) is 11.0 Å². The van der Waals surface area contributed by atoms with E-state index in [1.165, 1.54) is 11.3 Å². The fourth-order valence-electron chi connectivity index (χ4n) is 3.08. The first-order valence-electron chi connectivity index (χ1n) is 6.62. The van der Waals surface area contributed by atoms with E-state index in [0.717, 1.165) is 16.3 Å². The van der Waals surface area contributed by atoms with Crippen LogP contribution in [0.2, 0.25) is 0 Å². The summed E-state index contributed by atoms with van der Waals surface area (Å²) in [4.78, 5) is 25.1. The van der Waals surface area contributed by atoms with E-state index in [-0.39, 0.29) is 11.0 Å². The molecule has 2 aromatic carbocycles. The van der Waals surface area contributed by atoms with Crippen LogP contribution in [0.25, 0.3) is 33.0 Å². The van der Waals surface area contributed by atoms with Crippen molar-refractivity contribution < 1.29 is 5.11 Å². The van der Waals surface area contributed by atoms with Crippen LogP contribution in [0.15, 0.2) is 52.1 Å². The highest BCUT2D eigenvalue weighted by molar-refractivity contribution is 6.13. The highest BCUT2D eigenvalue weighted by Crippen LogP contribution is 2.28. The zero-order valence-electron chi connectivity index (χ0n) is 11.3. The molecule has 21 heavy (non-hydrogen) atoms. The summed E-state index contributed by atoms with van der Waals surface area (Å²) in [5.74, 6) is -0.245. The van der Waals surface area contributed by atoms with Gasteiger partial charge in [0.2, 0.25) is 5.43 Å². The molecule has 0 unspecified atom stereocenters. The van der Waals surface area contributed by atoms with Gasteiger partial charge >= 0.3 is 0 Å². The SMILES string of the molecule is CC(O)=c1c(=O)c2cccc3c4ccccc4n(c1=O)c23. The van der Waals surface area contributed by atoms with Gasteiger partial charge in [0.05, 0.1) is 11.0 Å². The van der Waals surface area contributed by atoms with E-state index >= 15 is 0 Å². The summed E-state index contributed by atoms with van der Waals surface area (Å²) in [6.07, 6.45) is 0. The average molecular weight is 277 g/mol. The number of hydrogen-bond acceptors (Lipinski definition) is 3. The van der Waals surface area contributed by atoms with Gasteiger partial charge in [-0.1, -0.05) is 30.3 Å². The highest BCUT2D eigenvalue weighted by atomic mass is 16.3. The molecule has 0 saturated heterocycles. The number of aliphatic hydroxyl groups excluding tert-OH is 1. The van der Waals surface area contributed by atoms with Crippen LogP contribution in [0.4, 0.5) is 0 Å². The molecular weight excluding hydrogens is 266 g/mol. The lowest BCUT2D eigenvalue weighted by molar-refractivity contribution is 0.497. The van der Waals surface area contributed by atoms with Crippen LogP contribution in [0.5, 0.6) is 0 Å². The predicted octanol–water partition coefficient (Wildman–Crippen LogP) is 1.81. The molecule has 0 aliphatic heterocycles. The number of nitrogens with zero attached hydrogens (tertiary/aromatic N) is 1. The molecule has 0 amide bonds. The van der Waals surface area contributed by atoms with E-state index in [9.17, 15) is 14.7 Å². The van der Waals surface area contributed by atoms with Gasteiger partial charge in [-0.25, -0.2) is 0 Å². The summed E-state index contributed by atoms with van der Waals surface area (Å²) in [6.45, 7) is 1.36. The van der Waals surface area contributed by atoms with E-state index in [4.69, 9.17) is 0 Å². The summed E-state index contributed by atoms with van der Waals surface area (Å²) in [5, 5.41) is 11.8. The van der Waals surface area contributed by atoms with Gasteiger partial charge in [-0.3, -0.25) is 14.0 Å². The first kappa shape index (κ1) is 11.9. The van der Waals surface area contributed by atoms with Gasteiger partial charge in [-0.2, -0.15) is 0 Å². The summed E-state index contributed by atoms with van der Waals surface area (Å²) >= 11 is 0. The van der Waals surface area contributed by atoms with Crippen LogP contribution in [0.3, 0.4) is 0 Å². The number of pyridine rings is 1. The smallest absolute Gasteiger partial charge is 0.270 e. The van der Waals surface area contributed by atoms with E-state index in [1.54, 1.807) is 12.1 Å². The van der Waals surface area contributed by atoms with E-state index in [2.05, 4.69) is 0 Å². The van der Waals surface area contributed by atoms with Gasteiger partial charge in [0.25, 0.3) is 5.56 Å². The Bertz CT molecular complexity index is 1180. The number of fused-ring (bicyclic) bond motifs is 3. The Hall–Kier alpha value is -2.88. The Labute approximate surface area is 118 Å². The summed E-state index contributed by atoms with van der Waals surface area (Å²) < 4.78 is 1.52. The Morgan fingerprint density at radius 2 is 1.62 bits per heavy atom. The fourth-order valence-corrected chi connectivity index (χ4v) is 3.08. The predicted molar refractivity (Wildman–Crippen MR) is 83.1 cm³/mol. The van der Waals surface area contributed by atoms with Crippen LogP contribution in [-0.4, -0.2) is 9.51 Å². The van der Waals surface area contributed by atoms with Crippen molar-refractivity contribution in [3.63, 3.8) is 0 Å². The second-order valence-corrected chi connectivity index (χ2v) is 5.15. The minimum absolute atomic E-state index is 0.156. The highest BCUT2D eigenvalue weighted by Gasteiger charge is 2.17. The minimum atomic E-state index is -0.468. The molecule has 2 aromatic heterocycles. The molecule has 0 radical (unpaired) electrons. The van der Waals surface area contributed by atoms with Crippen molar-refractivity contribution in [1.29, 1.82) is 0 Å². The molecule has 0 saturated carbocycles. The van der Waals surface area contributed by atoms with Crippen LogP contribution in [0, 0.1) is 0 Å². The molecule has 2 heterocycles. The molecule has 0 spiro atoms. The lowest BCUT2D eigenvalue weighted by Crippen LogP contribution is -2.43. The van der Waals surface area contributed by atoms with E-state index in [0.29, 0.717) is 10.9 Å². The molecule has 102 valence electrons. The lowest BCUT2D eigenvalue weighted by atomic mass is 10.1. The van der Waals surface area contributed by atoms with Gasteiger partial charge in [-0.05, 0) is 19.1 Å². The number of rotatable bonds is 0. The molecule has 0 aliphatic rings. The Morgan fingerprint density at radius 3 is 2.38 bits per heavy atom. The van der Waals surface area contributed by atoms with Crippen molar-refractivity contribution in [3.05, 3.63) is 68.3 Å². The molecule has 1 N–H and O–H groups in total. The standard InChI is InChI=1S/C17H11NO3/c1-9(19)14-16(20)12-7-4-6-11-10-5-2-3-8-13(10)18(15(11)12)17(14)21/h2-8,19H,1H3. The van der Waals surface area contributed by atoms with Crippen LogP contribution < -0.4 is 16.2 Å². The third-order valence-corrected chi connectivity index (χ3v) is 3.95. The monoisotopic (exact) mass is 277 g/mol. The molecule has 0 aliphatic carbocycles. The summed E-state index contributed by atoms with van der Waals surface area (Å²) in [5.41, 5.74) is 0.487. The zero-order chi connectivity index (χ0) is 14.7. The molecule has 0 fully saturated rings. The molecule has 4 rings (SSSR count). The number of benzene rings is 2. The normalized spacial score (nSPS) is 13.4.